The Hall–Kier alpha value is -1.35. The van der Waals surface area contributed by atoms with Crippen LogP contribution in [0.3, 0.4) is 0 Å². The maximum absolute atomic E-state index is 5.61. The van der Waals surface area contributed by atoms with E-state index in [2.05, 4.69) is 38.6 Å². The van der Waals surface area contributed by atoms with Crippen molar-refractivity contribution in [1.82, 2.24) is 20.6 Å². The van der Waals surface area contributed by atoms with E-state index in [1.807, 2.05) is 25.2 Å². The third kappa shape index (κ3) is 7.13. The molecular formula is C22H36IN5O. The minimum absolute atomic E-state index is 0. The van der Waals surface area contributed by atoms with E-state index in [0.717, 1.165) is 68.4 Å². The predicted molar refractivity (Wildman–Crippen MR) is 131 cm³/mol. The van der Waals surface area contributed by atoms with Crippen molar-refractivity contribution in [3.8, 4) is 0 Å². The number of aryl methyl sites for hydroxylation is 1. The maximum Gasteiger partial charge on any atom is 0.190 e. The van der Waals surface area contributed by atoms with Crippen LogP contribution in [-0.2, 0) is 11.2 Å². The van der Waals surface area contributed by atoms with Crippen LogP contribution in [0, 0.1) is 5.41 Å². The summed E-state index contributed by atoms with van der Waals surface area (Å²) in [6.07, 6.45) is 8.31. The van der Waals surface area contributed by atoms with Crippen LogP contribution in [0.15, 0.2) is 29.3 Å². The lowest BCUT2D eigenvalue weighted by atomic mass is 9.83. The summed E-state index contributed by atoms with van der Waals surface area (Å²) >= 11 is 0. The second-order valence-electron chi connectivity index (χ2n) is 7.81. The highest BCUT2D eigenvalue weighted by molar-refractivity contribution is 14.0. The third-order valence-corrected chi connectivity index (χ3v) is 5.82. The van der Waals surface area contributed by atoms with Gasteiger partial charge in [-0.25, -0.2) is 4.98 Å². The van der Waals surface area contributed by atoms with E-state index in [1.165, 1.54) is 25.7 Å². The average molecular weight is 513 g/mol. The van der Waals surface area contributed by atoms with Crippen LogP contribution in [-0.4, -0.2) is 49.3 Å². The molecule has 7 heteroatoms. The lowest BCUT2D eigenvalue weighted by Crippen LogP contribution is -2.43. The molecule has 0 aliphatic heterocycles. The first kappa shape index (κ1) is 23.9. The van der Waals surface area contributed by atoms with Gasteiger partial charge in [-0.3, -0.25) is 4.99 Å². The number of H-pyrrole nitrogens is 1. The number of nitrogens with one attached hydrogen (secondary N) is 3. The van der Waals surface area contributed by atoms with E-state index >= 15 is 0 Å². The quantitative estimate of drug-likeness (QED) is 0.192. The zero-order valence-corrected chi connectivity index (χ0v) is 20.1. The molecule has 0 unspecified atom stereocenters. The molecule has 1 aromatic heterocycles. The molecule has 1 fully saturated rings. The molecule has 29 heavy (non-hydrogen) atoms. The number of guanidine groups is 1. The Bertz CT molecular complexity index is 721. The van der Waals surface area contributed by atoms with Crippen molar-refractivity contribution in [1.29, 1.82) is 0 Å². The molecule has 0 saturated heterocycles. The van der Waals surface area contributed by atoms with Gasteiger partial charge >= 0.3 is 0 Å². The SMILES string of the molecule is CCOCCC1(CNC(=NC)NCCCc2nc3ccccc3[nH]2)CCCC1.I. The number of para-hydroxylation sites is 2. The van der Waals surface area contributed by atoms with Gasteiger partial charge in [0, 0.05) is 39.8 Å². The summed E-state index contributed by atoms with van der Waals surface area (Å²) in [6, 6.07) is 8.17. The Labute approximate surface area is 191 Å². The number of hydrogen-bond donors (Lipinski definition) is 3. The lowest BCUT2D eigenvalue weighted by Gasteiger charge is -2.30. The minimum atomic E-state index is 0. The van der Waals surface area contributed by atoms with E-state index in [1.54, 1.807) is 0 Å². The molecule has 2 aromatic rings. The summed E-state index contributed by atoms with van der Waals surface area (Å²) < 4.78 is 5.61. The fraction of sp³-hybridized carbons (Fsp3) is 0.636. The van der Waals surface area contributed by atoms with Crippen molar-refractivity contribution in [3.05, 3.63) is 30.1 Å². The van der Waals surface area contributed by atoms with Crippen LogP contribution >= 0.6 is 24.0 Å². The zero-order chi connectivity index (χ0) is 19.7. The van der Waals surface area contributed by atoms with Crippen LogP contribution in [0.1, 0.15) is 51.3 Å². The summed E-state index contributed by atoms with van der Waals surface area (Å²) in [5, 5.41) is 7.01. The summed E-state index contributed by atoms with van der Waals surface area (Å²) in [4.78, 5) is 12.4. The molecule has 0 radical (unpaired) electrons. The first-order chi connectivity index (χ1) is 13.7. The zero-order valence-electron chi connectivity index (χ0n) is 17.8. The van der Waals surface area contributed by atoms with Gasteiger partial charge in [-0.05, 0) is 50.2 Å². The van der Waals surface area contributed by atoms with E-state index in [4.69, 9.17) is 4.74 Å². The van der Waals surface area contributed by atoms with Crippen molar-refractivity contribution in [2.45, 2.75) is 51.9 Å². The largest absolute Gasteiger partial charge is 0.382 e. The Morgan fingerprint density at radius 3 is 2.76 bits per heavy atom. The van der Waals surface area contributed by atoms with E-state index in [-0.39, 0.29) is 24.0 Å². The molecule has 162 valence electrons. The number of fused-ring (bicyclic) bond motifs is 1. The number of ether oxygens (including phenoxy) is 1. The number of halogens is 1. The molecular weight excluding hydrogens is 477 g/mol. The number of aromatic amines is 1. The normalized spacial score (nSPS) is 16.0. The Balaban J connectivity index is 0.00000300. The molecule has 6 nitrogen and oxygen atoms in total. The van der Waals surface area contributed by atoms with Gasteiger partial charge in [0.2, 0.25) is 0 Å². The van der Waals surface area contributed by atoms with Crippen LogP contribution in [0.4, 0.5) is 0 Å². The number of hydrogen-bond acceptors (Lipinski definition) is 3. The van der Waals surface area contributed by atoms with Gasteiger partial charge in [0.05, 0.1) is 11.0 Å². The molecule has 1 aliphatic rings. The van der Waals surface area contributed by atoms with Gasteiger partial charge < -0.3 is 20.4 Å². The monoisotopic (exact) mass is 513 g/mol. The number of benzene rings is 1. The van der Waals surface area contributed by atoms with Crippen LogP contribution in [0.2, 0.25) is 0 Å². The second-order valence-corrected chi connectivity index (χ2v) is 7.81. The first-order valence-corrected chi connectivity index (χ1v) is 10.7. The summed E-state index contributed by atoms with van der Waals surface area (Å²) in [5.41, 5.74) is 2.51. The van der Waals surface area contributed by atoms with Gasteiger partial charge in [-0.2, -0.15) is 0 Å². The van der Waals surface area contributed by atoms with Gasteiger partial charge in [-0.1, -0.05) is 25.0 Å². The number of rotatable bonds is 10. The molecule has 1 heterocycles. The Kier molecular flexibility index (Phi) is 10.2. The molecule has 3 rings (SSSR count). The molecule has 1 aromatic carbocycles. The fourth-order valence-corrected chi connectivity index (χ4v) is 4.15. The number of imidazole rings is 1. The fourth-order valence-electron chi connectivity index (χ4n) is 4.15. The van der Waals surface area contributed by atoms with Crippen LogP contribution < -0.4 is 10.6 Å². The van der Waals surface area contributed by atoms with Crippen molar-refractivity contribution < 1.29 is 4.74 Å². The van der Waals surface area contributed by atoms with Gasteiger partial charge in [-0.15, -0.1) is 24.0 Å². The number of aromatic nitrogens is 2. The number of aliphatic imine (C=N–C) groups is 1. The lowest BCUT2D eigenvalue weighted by molar-refractivity contribution is 0.105. The third-order valence-electron chi connectivity index (χ3n) is 5.82. The number of nitrogens with zero attached hydrogens (tertiary/aromatic N) is 2. The Morgan fingerprint density at radius 1 is 1.24 bits per heavy atom. The predicted octanol–water partition coefficient (Wildman–Crippen LogP) is 4.27. The van der Waals surface area contributed by atoms with Crippen LogP contribution in [0.5, 0.6) is 0 Å². The average Bonchev–Trinajstić information content (AvgIpc) is 3.34. The molecule has 3 N–H and O–H groups in total. The molecule has 1 aliphatic carbocycles. The van der Waals surface area contributed by atoms with Gasteiger partial charge in [0.15, 0.2) is 5.96 Å². The molecule has 1 saturated carbocycles. The molecule has 0 amide bonds. The molecule has 0 bridgehead atoms. The summed E-state index contributed by atoms with van der Waals surface area (Å²) in [5.74, 6) is 1.94. The highest BCUT2D eigenvalue weighted by Crippen LogP contribution is 2.40. The van der Waals surface area contributed by atoms with Gasteiger partial charge in [0.25, 0.3) is 0 Å². The topological polar surface area (TPSA) is 74.3 Å². The van der Waals surface area contributed by atoms with E-state index in [9.17, 15) is 0 Å². The molecule has 0 spiro atoms. The second kappa shape index (κ2) is 12.4. The minimum Gasteiger partial charge on any atom is -0.382 e. The standard InChI is InChI=1S/C22H35N5O.HI/c1-3-28-16-14-22(12-6-7-13-22)17-25-21(23-2)24-15-8-11-20-26-18-9-4-5-10-19(18)27-20;/h4-5,9-10H,3,6-8,11-17H2,1-2H3,(H,26,27)(H2,23,24,25);1H. The smallest absolute Gasteiger partial charge is 0.190 e. The highest BCUT2D eigenvalue weighted by atomic mass is 127. The van der Waals surface area contributed by atoms with Crippen molar-refractivity contribution >= 4 is 41.0 Å². The Morgan fingerprint density at radius 2 is 2.03 bits per heavy atom. The van der Waals surface area contributed by atoms with Gasteiger partial charge in [0.1, 0.15) is 5.82 Å². The van der Waals surface area contributed by atoms with E-state index in [0.29, 0.717) is 5.41 Å². The summed E-state index contributed by atoms with van der Waals surface area (Å²) in [7, 11) is 1.84. The van der Waals surface area contributed by atoms with Crippen molar-refractivity contribution in [2.75, 3.05) is 33.4 Å². The highest BCUT2D eigenvalue weighted by Gasteiger charge is 2.33. The maximum atomic E-state index is 5.61. The van der Waals surface area contributed by atoms with Crippen LogP contribution in [0.25, 0.3) is 11.0 Å². The van der Waals surface area contributed by atoms with E-state index < -0.39 is 0 Å². The summed E-state index contributed by atoms with van der Waals surface area (Å²) in [6.45, 7) is 5.59. The van der Waals surface area contributed by atoms with Crippen molar-refractivity contribution in [2.24, 2.45) is 10.4 Å². The molecule has 0 atom stereocenters. The van der Waals surface area contributed by atoms with Crippen molar-refractivity contribution in [3.63, 3.8) is 0 Å². The first-order valence-electron chi connectivity index (χ1n) is 10.7.